The minimum absolute atomic E-state index is 0.331. The summed E-state index contributed by atoms with van der Waals surface area (Å²) in [7, 11) is 0. The van der Waals surface area contributed by atoms with Gasteiger partial charge in [-0.3, -0.25) is 4.99 Å². The lowest BCUT2D eigenvalue weighted by atomic mass is 10.1. The lowest BCUT2D eigenvalue weighted by Crippen LogP contribution is -2.35. The Morgan fingerprint density at radius 2 is 2.09 bits per heavy atom. The number of nitrogens with one attached hydrogen (secondary N) is 1. The van der Waals surface area contributed by atoms with Crippen LogP contribution in [0, 0.1) is 0 Å². The van der Waals surface area contributed by atoms with Crippen molar-refractivity contribution in [2.24, 2.45) is 4.99 Å². The summed E-state index contributed by atoms with van der Waals surface area (Å²) in [6, 6.07) is 10.8. The van der Waals surface area contributed by atoms with Crippen molar-refractivity contribution in [2.75, 3.05) is 6.54 Å². The Kier molecular flexibility index (Phi) is 4.42. The highest BCUT2D eigenvalue weighted by Gasteiger charge is 2.29. The Morgan fingerprint density at radius 3 is 2.82 bits per heavy atom. The predicted octanol–water partition coefficient (Wildman–Crippen LogP) is 3.63. The number of benzene rings is 1. The first kappa shape index (κ1) is 14.6. The Hall–Kier alpha value is -2.29. The van der Waals surface area contributed by atoms with Gasteiger partial charge in [0.1, 0.15) is 0 Å². The Morgan fingerprint density at radius 1 is 1.27 bits per heavy atom. The van der Waals surface area contributed by atoms with E-state index >= 15 is 0 Å². The molecule has 3 rings (SSSR count). The number of hydrogen-bond acceptors (Lipinski definition) is 3. The fourth-order valence-electron chi connectivity index (χ4n) is 3.10. The third kappa shape index (κ3) is 3.14. The fraction of sp³-hybridized carbons (Fsp3) is 0.316. The van der Waals surface area contributed by atoms with E-state index in [4.69, 9.17) is 0 Å². The van der Waals surface area contributed by atoms with Crippen LogP contribution in [0.3, 0.4) is 0 Å². The number of aliphatic imine (C=N–C) groups is 1. The number of nitrogens with zero attached hydrogens (tertiary/aromatic N) is 2. The fourth-order valence-corrected chi connectivity index (χ4v) is 3.10. The second-order valence-electron chi connectivity index (χ2n) is 5.85. The van der Waals surface area contributed by atoms with Crippen LogP contribution >= 0.6 is 0 Å². The molecule has 1 N–H and O–H groups in total. The van der Waals surface area contributed by atoms with Crippen LogP contribution < -0.4 is 5.32 Å². The van der Waals surface area contributed by atoms with Gasteiger partial charge in [-0.15, -0.1) is 0 Å². The maximum absolute atomic E-state index is 4.28. The van der Waals surface area contributed by atoms with Crippen molar-refractivity contribution >= 4 is 6.21 Å². The number of rotatable bonds is 6. The van der Waals surface area contributed by atoms with E-state index in [1.54, 1.807) is 0 Å². The van der Waals surface area contributed by atoms with Crippen LogP contribution in [0.15, 0.2) is 71.6 Å². The van der Waals surface area contributed by atoms with Gasteiger partial charge in [-0.2, -0.15) is 0 Å². The zero-order valence-electron chi connectivity index (χ0n) is 13.0. The van der Waals surface area contributed by atoms with Crippen LogP contribution in [0.25, 0.3) is 0 Å². The van der Waals surface area contributed by atoms with E-state index in [9.17, 15) is 0 Å². The van der Waals surface area contributed by atoms with Crippen LogP contribution in [-0.2, 0) is 6.54 Å². The van der Waals surface area contributed by atoms with Gasteiger partial charge in [0.25, 0.3) is 0 Å². The van der Waals surface area contributed by atoms with E-state index in [1.165, 1.54) is 17.6 Å². The van der Waals surface area contributed by atoms with Crippen LogP contribution in [0.5, 0.6) is 0 Å². The molecule has 1 aromatic carbocycles. The van der Waals surface area contributed by atoms with Crippen LogP contribution in [0.4, 0.5) is 0 Å². The summed E-state index contributed by atoms with van der Waals surface area (Å²) in [5, 5.41) is 3.49. The van der Waals surface area contributed by atoms with Crippen molar-refractivity contribution in [1.82, 2.24) is 10.2 Å². The lowest BCUT2D eigenvalue weighted by Gasteiger charge is -2.31. The molecule has 0 aliphatic carbocycles. The zero-order chi connectivity index (χ0) is 15.4. The average molecular weight is 293 g/mol. The highest BCUT2D eigenvalue weighted by molar-refractivity contribution is 5.68. The van der Waals surface area contributed by atoms with Crippen LogP contribution in [-0.4, -0.2) is 23.7 Å². The first-order valence-corrected chi connectivity index (χ1v) is 7.89. The molecule has 22 heavy (non-hydrogen) atoms. The molecule has 0 saturated carbocycles. The normalized spacial score (nSPS) is 20.1. The molecule has 0 radical (unpaired) electrons. The minimum Gasteiger partial charge on any atom is -0.383 e. The lowest BCUT2D eigenvalue weighted by molar-refractivity contribution is 0.349. The quantitative estimate of drug-likeness (QED) is 0.867. The van der Waals surface area contributed by atoms with Gasteiger partial charge < -0.3 is 10.2 Å². The number of allylic oxidation sites excluding steroid dienone is 1. The molecule has 2 heterocycles. The molecule has 2 aliphatic rings. The molecule has 1 aromatic rings. The van der Waals surface area contributed by atoms with E-state index in [2.05, 4.69) is 52.6 Å². The molecule has 0 aromatic heterocycles. The first-order valence-electron chi connectivity index (χ1n) is 7.89. The largest absolute Gasteiger partial charge is 0.383 e. The van der Waals surface area contributed by atoms with E-state index in [0.29, 0.717) is 6.04 Å². The average Bonchev–Trinajstić information content (AvgIpc) is 3.24. The monoisotopic (exact) mass is 293 g/mol. The van der Waals surface area contributed by atoms with Gasteiger partial charge in [-0.25, -0.2) is 0 Å². The Bertz CT molecular complexity index is 613. The molecule has 0 spiro atoms. The second-order valence-corrected chi connectivity index (χ2v) is 5.85. The number of hydrogen-bond donors (Lipinski definition) is 1. The highest BCUT2D eigenvalue weighted by Crippen LogP contribution is 2.30. The molecule has 1 fully saturated rings. The Balaban J connectivity index is 1.60. The molecule has 3 nitrogen and oxygen atoms in total. The third-order valence-electron chi connectivity index (χ3n) is 4.38. The van der Waals surface area contributed by atoms with Gasteiger partial charge >= 0.3 is 0 Å². The van der Waals surface area contributed by atoms with E-state index in [0.717, 1.165) is 37.3 Å². The summed E-state index contributed by atoms with van der Waals surface area (Å²) >= 11 is 0. The summed E-state index contributed by atoms with van der Waals surface area (Å²) < 4.78 is 0. The van der Waals surface area contributed by atoms with E-state index < -0.39 is 0 Å². The van der Waals surface area contributed by atoms with Crippen LogP contribution in [0.1, 0.15) is 24.8 Å². The predicted molar refractivity (Wildman–Crippen MR) is 92.5 cm³/mol. The standard InChI is InChI=1S/C19H23N3/c1-15(21-13-17-7-4-3-5-8-17)19-9-6-12-22(19)16(2)18-10-11-20-14-18/h3-5,7-8,11,14,19,21H,1-2,6,9-10,12-13H2. The molecule has 3 heteroatoms. The van der Waals surface area contributed by atoms with Crippen molar-refractivity contribution in [3.05, 3.63) is 72.2 Å². The minimum atomic E-state index is 0.331. The van der Waals surface area contributed by atoms with E-state index in [1.807, 2.05) is 18.5 Å². The molecular formula is C19H23N3. The topological polar surface area (TPSA) is 27.6 Å². The summed E-state index contributed by atoms with van der Waals surface area (Å²) in [6.45, 7) is 10.4. The molecule has 1 unspecified atom stereocenters. The van der Waals surface area contributed by atoms with Crippen molar-refractivity contribution in [3.63, 3.8) is 0 Å². The summed E-state index contributed by atoms with van der Waals surface area (Å²) in [5.41, 5.74) is 4.69. The number of likely N-dealkylation sites (tertiary alicyclic amines) is 1. The van der Waals surface area contributed by atoms with Crippen molar-refractivity contribution in [2.45, 2.75) is 31.8 Å². The molecule has 2 aliphatic heterocycles. The maximum atomic E-state index is 4.28. The van der Waals surface area contributed by atoms with Gasteiger partial charge in [-0.1, -0.05) is 43.5 Å². The van der Waals surface area contributed by atoms with E-state index in [-0.39, 0.29) is 0 Å². The molecule has 114 valence electrons. The zero-order valence-corrected chi connectivity index (χ0v) is 13.0. The summed E-state index contributed by atoms with van der Waals surface area (Å²) in [4.78, 5) is 6.57. The van der Waals surface area contributed by atoms with Gasteiger partial charge in [0.05, 0.1) is 6.04 Å². The van der Waals surface area contributed by atoms with Gasteiger partial charge in [0.15, 0.2) is 0 Å². The Labute approximate surface area is 132 Å². The molecule has 0 amide bonds. The summed E-state index contributed by atoms with van der Waals surface area (Å²) in [6.07, 6.45) is 7.08. The van der Waals surface area contributed by atoms with Crippen molar-refractivity contribution in [1.29, 1.82) is 0 Å². The molecule has 0 bridgehead atoms. The highest BCUT2D eigenvalue weighted by atomic mass is 15.2. The SMILES string of the molecule is C=C(NCc1ccccc1)C1CCCN1C(=C)C1=CN=CC1. The van der Waals surface area contributed by atoms with Gasteiger partial charge in [-0.05, 0) is 24.0 Å². The van der Waals surface area contributed by atoms with Crippen molar-refractivity contribution in [3.8, 4) is 0 Å². The smallest absolute Gasteiger partial charge is 0.0682 e. The molecule has 1 atom stereocenters. The summed E-state index contributed by atoms with van der Waals surface area (Å²) in [5.74, 6) is 0. The third-order valence-corrected chi connectivity index (χ3v) is 4.38. The van der Waals surface area contributed by atoms with Gasteiger partial charge in [0.2, 0.25) is 0 Å². The van der Waals surface area contributed by atoms with Crippen molar-refractivity contribution < 1.29 is 0 Å². The molecule has 1 saturated heterocycles. The van der Waals surface area contributed by atoms with Gasteiger partial charge in [0, 0.05) is 43.3 Å². The second kappa shape index (κ2) is 6.65. The molecular weight excluding hydrogens is 270 g/mol. The maximum Gasteiger partial charge on any atom is 0.0682 e. The first-order chi connectivity index (χ1) is 10.8. The van der Waals surface area contributed by atoms with Crippen LogP contribution in [0.2, 0.25) is 0 Å².